The van der Waals surface area contributed by atoms with Crippen molar-refractivity contribution < 1.29 is 19.4 Å². The lowest BCUT2D eigenvalue weighted by molar-refractivity contribution is -0.117. The van der Waals surface area contributed by atoms with Crippen molar-refractivity contribution in [3.05, 3.63) is 107 Å². The number of benzene rings is 3. The standard InChI is InChI=1S/C31H30FN3O3/c32-31-26-17-24(14-15-27(26)34-35-31)30(29(22-7-4-8-22)21-5-2-1-3-6-21)23-12-9-20(10-13-23)11-16-28(38)33-18-25(37)19-36/h1-3,5-6,9-17,22,25,36-37H,4,7-8,18-19H2,(H,33,38)(H,34,35)/b16-11+,30-29-. The van der Waals surface area contributed by atoms with E-state index in [9.17, 15) is 14.3 Å². The van der Waals surface area contributed by atoms with Crippen molar-refractivity contribution in [2.24, 2.45) is 5.92 Å². The van der Waals surface area contributed by atoms with Crippen LogP contribution in [0, 0.1) is 11.9 Å². The average Bonchev–Trinajstić information content (AvgIpc) is 3.30. The van der Waals surface area contributed by atoms with Gasteiger partial charge in [-0.15, -0.1) is 0 Å². The van der Waals surface area contributed by atoms with Crippen LogP contribution in [0.15, 0.2) is 78.9 Å². The van der Waals surface area contributed by atoms with Gasteiger partial charge in [-0.25, -0.2) is 0 Å². The second-order valence-electron chi connectivity index (χ2n) is 9.59. The molecule has 0 aliphatic heterocycles. The predicted octanol–water partition coefficient (Wildman–Crippen LogP) is 4.94. The van der Waals surface area contributed by atoms with Gasteiger partial charge in [0.25, 0.3) is 0 Å². The fourth-order valence-electron chi connectivity index (χ4n) is 4.79. The maximum absolute atomic E-state index is 14.5. The minimum Gasteiger partial charge on any atom is -0.394 e. The van der Waals surface area contributed by atoms with Crippen LogP contribution in [-0.4, -0.2) is 45.6 Å². The molecular weight excluding hydrogens is 481 g/mol. The van der Waals surface area contributed by atoms with Gasteiger partial charge in [-0.2, -0.15) is 9.49 Å². The van der Waals surface area contributed by atoms with Crippen molar-refractivity contribution in [1.82, 2.24) is 15.5 Å². The molecule has 38 heavy (non-hydrogen) atoms. The van der Waals surface area contributed by atoms with E-state index in [0.29, 0.717) is 16.8 Å². The first-order valence-electron chi connectivity index (χ1n) is 12.8. The van der Waals surface area contributed by atoms with Gasteiger partial charge >= 0.3 is 0 Å². The van der Waals surface area contributed by atoms with E-state index in [1.807, 2.05) is 60.7 Å². The molecule has 1 aliphatic rings. The van der Waals surface area contributed by atoms with E-state index in [0.717, 1.165) is 40.7 Å². The highest BCUT2D eigenvalue weighted by Crippen LogP contribution is 2.45. The number of aliphatic hydroxyl groups is 2. The Morgan fingerprint density at radius 3 is 2.47 bits per heavy atom. The third-order valence-electron chi connectivity index (χ3n) is 7.01. The van der Waals surface area contributed by atoms with E-state index < -0.39 is 18.7 Å². The quantitative estimate of drug-likeness (QED) is 0.189. The summed E-state index contributed by atoms with van der Waals surface area (Å²) >= 11 is 0. The molecule has 0 saturated heterocycles. The van der Waals surface area contributed by atoms with E-state index >= 15 is 0 Å². The fourth-order valence-corrected chi connectivity index (χ4v) is 4.79. The van der Waals surface area contributed by atoms with Crippen LogP contribution in [-0.2, 0) is 4.79 Å². The largest absolute Gasteiger partial charge is 0.394 e. The van der Waals surface area contributed by atoms with Gasteiger partial charge < -0.3 is 15.5 Å². The number of fused-ring (bicyclic) bond motifs is 1. The van der Waals surface area contributed by atoms with Crippen LogP contribution < -0.4 is 5.32 Å². The molecule has 6 nitrogen and oxygen atoms in total. The number of carbonyl (C=O) groups excluding carboxylic acids is 1. The number of amides is 1. The van der Waals surface area contributed by atoms with Gasteiger partial charge in [0, 0.05) is 12.6 Å². The number of aromatic amines is 1. The number of H-pyrrole nitrogens is 1. The number of hydrogen-bond acceptors (Lipinski definition) is 4. The molecular formula is C31H30FN3O3. The van der Waals surface area contributed by atoms with E-state index in [1.54, 1.807) is 6.08 Å². The first-order valence-corrected chi connectivity index (χ1v) is 12.8. The van der Waals surface area contributed by atoms with E-state index in [2.05, 4.69) is 27.6 Å². The summed E-state index contributed by atoms with van der Waals surface area (Å²) in [5.74, 6) is -0.389. The third kappa shape index (κ3) is 5.59. The molecule has 5 rings (SSSR count). The highest BCUT2D eigenvalue weighted by atomic mass is 19.1. The van der Waals surface area contributed by atoms with Crippen molar-refractivity contribution in [3.8, 4) is 0 Å². The molecule has 1 heterocycles. The monoisotopic (exact) mass is 511 g/mol. The Hall–Kier alpha value is -4.07. The zero-order chi connectivity index (χ0) is 26.5. The molecule has 3 aromatic carbocycles. The number of aliphatic hydroxyl groups excluding tert-OH is 2. The lowest BCUT2D eigenvalue weighted by Crippen LogP contribution is -2.32. The first-order chi connectivity index (χ1) is 18.5. The molecule has 0 bridgehead atoms. The van der Waals surface area contributed by atoms with E-state index in [4.69, 9.17) is 5.11 Å². The zero-order valence-corrected chi connectivity index (χ0v) is 20.9. The molecule has 1 atom stereocenters. The van der Waals surface area contributed by atoms with Gasteiger partial charge in [-0.1, -0.05) is 67.1 Å². The van der Waals surface area contributed by atoms with Crippen LogP contribution >= 0.6 is 0 Å². The summed E-state index contributed by atoms with van der Waals surface area (Å²) in [5, 5.41) is 27.8. The SMILES string of the molecule is O=C(/C=C/c1ccc(/C(=C(\c2ccccc2)C2CCC2)c2ccc3n[nH]c(F)c3c2)cc1)NCC(O)CO. The number of carbonyl (C=O) groups is 1. The Balaban J connectivity index is 1.55. The summed E-state index contributed by atoms with van der Waals surface area (Å²) in [6.45, 7) is -0.425. The maximum Gasteiger partial charge on any atom is 0.244 e. The van der Waals surface area contributed by atoms with Crippen LogP contribution in [0.1, 0.15) is 41.5 Å². The topological polar surface area (TPSA) is 98.2 Å². The Kier molecular flexibility index (Phi) is 7.77. The first kappa shape index (κ1) is 25.6. The molecule has 1 fully saturated rings. The minimum absolute atomic E-state index is 0.0161. The smallest absolute Gasteiger partial charge is 0.244 e. The second-order valence-corrected chi connectivity index (χ2v) is 9.59. The van der Waals surface area contributed by atoms with Crippen LogP contribution in [0.5, 0.6) is 0 Å². The Labute approximate surface area is 220 Å². The van der Waals surface area contributed by atoms with Crippen LogP contribution in [0.4, 0.5) is 4.39 Å². The molecule has 4 aromatic rings. The number of allylic oxidation sites excluding steroid dienone is 1. The number of halogens is 1. The Bertz CT molecular complexity index is 1470. The van der Waals surface area contributed by atoms with E-state index in [1.165, 1.54) is 18.1 Å². The second kappa shape index (κ2) is 11.5. The van der Waals surface area contributed by atoms with Gasteiger partial charge in [0.1, 0.15) is 0 Å². The van der Waals surface area contributed by atoms with Gasteiger partial charge in [-0.05, 0) is 70.4 Å². The van der Waals surface area contributed by atoms with Crippen molar-refractivity contribution in [3.63, 3.8) is 0 Å². The molecule has 194 valence electrons. The van der Waals surface area contributed by atoms with Crippen molar-refractivity contribution in [2.45, 2.75) is 25.4 Å². The molecule has 1 aliphatic carbocycles. The predicted molar refractivity (Wildman–Crippen MR) is 147 cm³/mol. The summed E-state index contributed by atoms with van der Waals surface area (Å²) in [4.78, 5) is 12.0. The average molecular weight is 512 g/mol. The van der Waals surface area contributed by atoms with Crippen molar-refractivity contribution >= 4 is 34.0 Å². The zero-order valence-electron chi connectivity index (χ0n) is 20.9. The van der Waals surface area contributed by atoms with Gasteiger partial charge in [0.05, 0.1) is 23.6 Å². The summed E-state index contributed by atoms with van der Waals surface area (Å²) in [6, 6.07) is 24.0. The fraction of sp³-hybridized carbons (Fsp3) is 0.226. The number of nitrogens with one attached hydrogen (secondary N) is 2. The molecule has 1 amide bonds. The lowest BCUT2D eigenvalue weighted by Gasteiger charge is -2.31. The number of hydrogen-bond donors (Lipinski definition) is 4. The van der Waals surface area contributed by atoms with Gasteiger partial charge in [-0.3, -0.25) is 9.89 Å². The van der Waals surface area contributed by atoms with Gasteiger partial charge in [0.15, 0.2) is 0 Å². The summed E-state index contributed by atoms with van der Waals surface area (Å²) < 4.78 is 14.5. The molecule has 7 heteroatoms. The van der Waals surface area contributed by atoms with Crippen molar-refractivity contribution in [1.29, 1.82) is 0 Å². The van der Waals surface area contributed by atoms with E-state index in [-0.39, 0.29) is 12.5 Å². The number of aromatic nitrogens is 2. The molecule has 0 radical (unpaired) electrons. The third-order valence-corrected chi connectivity index (χ3v) is 7.01. The Morgan fingerprint density at radius 2 is 1.79 bits per heavy atom. The normalized spacial score (nSPS) is 15.3. The van der Waals surface area contributed by atoms with Crippen LogP contribution in [0.2, 0.25) is 0 Å². The lowest BCUT2D eigenvalue weighted by atomic mass is 9.73. The molecule has 4 N–H and O–H groups in total. The highest BCUT2D eigenvalue weighted by molar-refractivity contribution is 6.01. The highest BCUT2D eigenvalue weighted by Gasteiger charge is 2.27. The minimum atomic E-state index is -0.985. The maximum atomic E-state index is 14.5. The molecule has 0 spiro atoms. The molecule has 1 saturated carbocycles. The Morgan fingerprint density at radius 1 is 1.05 bits per heavy atom. The molecule has 1 aromatic heterocycles. The summed E-state index contributed by atoms with van der Waals surface area (Å²) in [7, 11) is 0. The van der Waals surface area contributed by atoms with Gasteiger partial charge in [0.2, 0.25) is 11.9 Å². The molecule has 1 unspecified atom stereocenters. The summed E-state index contributed by atoms with van der Waals surface area (Å²) in [6.07, 6.45) is 5.51. The van der Waals surface area contributed by atoms with Crippen LogP contribution in [0.25, 0.3) is 28.1 Å². The number of rotatable bonds is 9. The summed E-state index contributed by atoms with van der Waals surface area (Å²) in [5.41, 5.74) is 6.83. The van der Waals surface area contributed by atoms with Crippen LogP contribution in [0.3, 0.4) is 0 Å². The van der Waals surface area contributed by atoms with Crippen molar-refractivity contribution in [2.75, 3.05) is 13.2 Å². The number of nitrogens with zero attached hydrogens (tertiary/aromatic N) is 1.